The summed E-state index contributed by atoms with van der Waals surface area (Å²) in [5.41, 5.74) is 4.01. The van der Waals surface area contributed by atoms with E-state index in [4.69, 9.17) is 0 Å². The molecule has 112 valence electrons. The average Bonchev–Trinajstić information content (AvgIpc) is 3.14. The number of carbonyl (C=O) groups is 1. The molecule has 1 amide bonds. The summed E-state index contributed by atoms with van der Waals surface area (Å²) in [6.07, 6.45) is 4.72. The van der Waals surface area contributed by atoms with Gasteiger partial charge in [0.05, 0.1) is 5.56 Å². The van der Waals surface area contributed by atoms with E-state index in [1.165, 1.54) is 19.3 Å². The molecule has 4 nitrogen and oxygen atoms in total. The highest BCUT2D eigenvalue weighted by Gasteiger charge is 2.36. The molecule has 2 aliphatic rings. The van der Waals surface area contributed by atoms with Crippen LogP contribution >= 0.6 is 0 Å². The number of nitrogens with one attached hydrogen (secondary N) is 1. The van der Waals surface area contributed by atoms with E-state index in [9.17, 15) is 9.90 Å². The number of rotatable bonds is 2. The highest BCUT2D eigenvalue weighted by Crippen LogP contribution is 2.42. The number of hydrazone groups is 1. The second kappa shape index (κ2) is 5.13. The summed E-state index contributed by atoms with van der Waals surface area (Å²) in [7, 11) is 0. The first-order valence-corrected chi connectivity index (χ1v) is 7.79. The zero-order chi connectivity index (χ0) is 15.1. The van der Waals surface area contributed by atoms with Crippen LogP contribution in [0.15, 0.2) is 41.5 Å². The lowest BCUT2D eigenvalue weighted by Gasteiger charge is -2.12. The van der Waals surface area contributed by atoms with E-state index < -0.39 is 0 Å². The molecule has 4 rings (SSSR count). The Kier molecular flexibility index (Phi) is 3.10. The second-order valence-corrected chi connectivity index (χ2v) is 6.34. The molecule has 0 spiro atoms. The van der Waals surface area contributed by atoms with Gasteiger partial charge in [-0.05, 0) is 60.4 Å². The Morgan fingerprint density at radius 1 is 1.18 bits per heavy atom. The average molecular weight is 294 g/mol. The number of fused-ring (bicyclic) bond motifs is 3. The van der Waals surface area contributed by atoms with Crippen LogP contribution in [-0.4, -0.2) is 16.7 Å². The first-order chi connectivity index (χ1) is 10.7. The van der Waals surface area contributed by atoms with Crippen LogP contribution in [0, 0.1) is 11.8 Å². The number of hydrogen-bond donors (Lipinski definition) is 2. The smallest absolute Gasteiger partial charge is 0.275 e. The summed E-state index contributed by atoms with van der Waals surface area (Å²) in [6.45, 7) is 0. The fourth-order valence-electron chi connectivity index (χ4n) is 3.76. The van der Waals surface area contributed by atoms with Gasteiger partial charge >= 0.3 is 0 Å². The van der Waals surface area contributed by atoms with Crippen LogP contribution in [-0.2, 0) is 0 Å². The summed E-state index contributed by atoms with van der Waals surface area (Å²) in [6, 6.07) is 11.0. The molecular formula is C18H18N2O2. The van der Waals surface area contributed by atoms with Gasteiger partial charge in [-0.3, -0.25) is 4.79 Å². The second-order valence-electron chi connectivity index (χ2n) is 6.34. The topological polar surface area (TPSA) is 61.7 Å². The lowest BCUT2D eigenvalue weighted by Crippen LogP contribution is -2.22. The van der Waals surface area contributed by atoms with Gasteiger partial charge in [-0.15, -0.1) is 0 Å². The van der Waals surface area contributed by atoms with Crippen molar-refractivity contribution in [1.29, 1.82) is 0 Å². The van der Waals surface area contributed by atoms with E-state index in [0.29, 0.717) is 5.92 Å². The minimum absolute atomic E-state index is 0.00987. The Hall–Kier alpha value is -2.36. The number of aromatic hydroxyl groups is 1. The molecule has 2 aliphatic carbocycles. The van der Waals surface area contributed by atoms with Crippen LogP contribution in [0.3, 0.4) is 0 Å². The number of nitrogens with zero attached hydrogens (tertiary/aromatic N) is 1. The zero-order valence-corrected chi connectivity index (χ0v) is 12.2. The van der Waals surface area contributed by atoms with Gasteiger partial charge in [0.15, 0.2) is 0 Å². The molecule has 2 saturated carbocycles. The SMILES string of the molecule is O=C(N/N=C1\CC2CCC1C2)c1cc2ccccc2cc1O. The molecule has 2 fully saturated rings. The third kappa shape index (κ3) is 2.25. The molecule has 0 radical (unpaired) electrons. The van der Waals surface area contributed by atoms with Gasteiger partial charge in [-0.2, -0.15) is 5.10 Å². The van der Waals surface area contributed by atoms with Crippen molar-refractivity contribution in [3.8, 4) is 5.75 Å². The predicted octanol–water partition coefficient (Wildman–Crippen LogP) is 3.45. The summed E-state index contributed by atoms with van der Waals surface area (Å²) >= 11 is 0. The van der Waals surface area contributed by atoms with Crippen molar-refractivity contribution >= 4 is 22.4 Å². The molecule has 0 aromatic heterocycles. The van der Waals surface area contributed by atoms with Gasteiger partial charge < -0.3 is 5.11 Å². The van der Waals surface area contributed by atoms with Crippen molar-refractivity contribution in [2.24, 2.45) is 16.9 Å². The number of carbonyl (C=O) groups excluding carboxylic acids is 1. The largest absolute Gasteiger partial charge is 0.507 e. The van der Waals surface area contributed by atoms with Crippen LogP contribution in [0.25, 0.3) is 10.8 Å². The highest BCUT2D eigenvalue weighted by atomic mass is 16.3. The Morgan fingerprint density at radius 2 is 1.95 bits per heavy atom. The molecular weight excluding hydrogens is 276 g/mol. The molecule has 0 aliphatic heterocycles. The van der Waals surface area contributed by atoms with E-state index in [0.717, 1.165) is 28.8 Å². The van der Waals surface area contributed by atoms with Crippen molar-refractivity contribution in [3.63, 3.8) is 0 Å². The summed E-state index contributed by atoms with van der Waals surface area (Å²) in [5, 5.41) is 16.2. The fraction of sp³-hybridized carbons (Fsp3) is 0.333. The van der Waals surface area contributed by atoms with Crippen molar-refractivity contribution in [3.05, 3.63) is 42.0 Å². The predicted molar refractivity (Wildman–Crippen MR) is 86.0 cm³/mol. The number of phenols is 1. The normalized spacial score (nSPS) is 25.0. The van der Waals surface area contributed by atoms with Crippen molar-refractivity contribution in [2.75, 3.05) is 0 Å². The van der Waals surface area contributed by atoms with Crippen molar-refractivity contribution in [1.82, 2.24) is 5.43 Å². The van der Waals surface area contributed by atoms with E-state index in [1.807, 2.05) is 24.3 Å². The first kappa shape index (κ1) is 13.3. The number of amides is 1. The van der Waals surface area contributed by atoms with Crippen LogP contribution in [0.1, 0.15) is 36.0 Å². The van der Waals surface area contributed by atoms with E-state index in [2.05, 4.69) is 10.5 Å². The summed E-state index contributed by atoms with van der Waals surface area (Å²) in [4.78, 5) is 12.3. The molecule has 2 N–H and O–H groups in total. The molecule has 0 heterocycles. The molecule has 22 heavy (non-hydrogen) atoms. The maximum absolute atomic E-state index is 12.3. The molecule has 2 atom stereocenters. The Labute approximate surface area is 128 Å². The van der Waals surface area contributed by atoms with Gasteiger partial charge in [0.25, 0.3) is 5.91 Å². The lowest BCUT2D eigenvalue weighted by atomic mass is 9.99. The minimum atomic E-state index is -0.349. The van der Waals surface area contributed by atoms with Crippen LogP contribution in [0.4, 0.5) is 0 Å². The van der Waals surface area contributed by atoms with Gasteiger partial charge in [0.2, 0.25) is 0 Å². The summed E-state index contributed by atoms with van der Waals surface area (Å²) < 4.78 is 0. The quantitative estimate of drug-likeness (QED) is 0.833. The molecule has 2 unspecified atom stereocenters. The third-order valence-corrected chi connectivity index (χ3v) is 4.92. The van der Waals surface area contributed by atoms with Gasteiger partial charge in [-0.1, -0.05) is 24.3 Å². The number of benzene rings is 2. The Balaban J connectivity index is 1.57. The van der Waals surface area contributed by atoms with E-state index in [-0.39, 0.29) is 17.2 Å². The molecule has 2 bridgehead atoms. The Bertz CT molecular complexity index is 782. The van der Waals surface area contributed by atoms with Crippen molar-refractivity contribution in [2.45, 2.75) is 25.7 Å². The molecule has 4 heteroatoms. The van der Waals surface area contributed by atoms with E-state index in [1.54, 1.807) is 12.1 Å². The highest BCUT2D eigenvalue weighted by molar-refractivity contribution is 6.02. The van der Waals surface area contributed by atoms with E-state index >= 15 is 0 Å². The fourth-order valence-corrected chi connectivity index (χ4v) is 3.76. The molecule has 0 saturated heterocycles. The standard InChI is InChI=1S/C18H18N2O2/c21-17-10-13-4-2-1-3-12(13)9-15(17)18(22)20-19-16-8-11-5-6-14(16)7-11/h1-4,9-11,14,21H,5-8H2,(H,20,22)/b19-16+. The minimum Gasteiger partial charge on any atom is -0.507 e. The van der Waals surface area contributed by atoms with Crippen molar-refractivity contribution < 1.29 is 9.90 Å². The lowest BCUT2D eigenvalue weighted by molar-refractivity contribution is 0.0952. The molecule has 2 aromatic carbocycles. The first-order valence-electron chi connectivity index (χ1n) is 7.79. The number of phenolic OH excluding ortho intramolecular Hbond substituents is 1. The Morgan fingerprint density at radius 3 is 2.64 bits per heavy atom. The zero-order valence-electron chi connectivity index (χ0n) is 12.2. The summed E-state index contributed by atoms with van der Waals surface area (Å²) in [5.74, 6) is 0.952. The van der Waals surface area contributed by atoms with Crippen LogP contribution < -0.4 is 5.43 Å². The number of hydrogen-bond acceptors (Lipinski definition) is 3. The maximum atomic E-state index is 12.3. The maximum Gasteiger partial charge on any atom is 0.275 e. The monoisotopic (exact) mass is 294 g/mol. The molecule has 2 aromatic rings. The third-order valence-electron chi connectivity index (χ3n) is 4.92. The van der Waals surface area contributed by atoms with Crippen LogP contribution in [0.2, 0.25) is 0 Å². The van der Waals surface area contributed by atoms with Gasteiger partial charge in [0, 0.05) is 5.71 Å². The van der Waals surface area contributed by atoms with Gasteiger partial charge in [-0.25, -0.2) is 5.43 Å². The van der Waals surface area contributed by atoms with Gasteiger partial charge in [0.1, 0.15) is 5.75 Å². The van der Waals surface area contributed by atoms with Crippen LogP contribution in [0.5, 0.6) is 5.75 Å².